The second kappa shape index (κ2) is 7.23. The van der Waals surface area contributed by atoms with Gasteiger partial charge in [-0.2, -0.15) is 0 Å². The van der Waals surface area contributed by atoms with Crippen molar-refractivity contribution in [3.8, 4) is 0 Å². The molecule has 1 aromatic rings. The molecule has 1 aromatic heterocycles. The van der Waals surface area contributed by atoms with Gasteiger partial charge in [-0.25, -0.2) is 12.7 Å². The Bertz CT molecular complexity index is 428. The van der Waals surface area contributed by atoms with E-state index in [4.69, 9.17) is 5.11 Å². The standard InChI is InChI=1S/C12H21NO3S2/c1-11(10-12-6-5-8-17-12)13(2)18(15,16)9-4-3-7-14/h5-6,8,11,14H,3-4,7,9-10H2,1-2H3. The van der Waals surface area contributed by atoms with Gasteiger partial charge in [0.1, 0.15) is 0 Å². The predicted molar refractivity (Wildman–Crippen MR) is 75.4 cm³/mol. The highest BCUT2D eigenvalue weighted by atomic mass is 32.2. The van der Waals surface area contributed by atoms with Crippen LogP contribution in [-0.2, 0) is 16.4 Å². The lowest BCUT2D eigenvalue weighted by Crippen LogP contribution is -2.37. The Morgan fingerprint density at radius 3 is 2.72 bits per heavy atom. The van der Waals surface area contributed by atoms with Crippen LogP contribution in [0.3, 0.4) is 0 Å². The molecule has 0 saturated carbocycles. The Morgan fingerprint density at radius 1 is 1.44 bits per heavy atom. The maximum absolute atomic E-state index is 12.0. The molecule has 0 aliphatic carbocycles. The molecule has 1 atom stereocenters. The van der Waals surface area contributed by atoms with Crippen molar-refractivity contribution in [3.05, 3.63) is 22.4 Å². The minimum atomic E-state index is -3.21. The van der Waals surface area contributed by atoms with Gasteiger partial charge in [-0.3, -0.25) is 0 Å². The van der Waals surface area contributed by atoms with Crippen molar-refractivity contribution in [3.63, 3.8) is 0 Å². The van der Waals surface area contributed by atoms with E-state index in [0.29, 0.717) is 12.8 Å². The lowest BCUT2D eigenvalue weighted by Gasteiger charge is -2.23. The number of sulfonamides is 1. The molecule has 0 fully saturated rings. The molecule has 0 amide bonds. The van der Waals surface area contributed by atoms with Crippen LogP contribution in [0.2, 0.25) is 0 Å². The summed E-state index contributed by atoms with van der Waals surface area (Å²) in [5.41, 5.74) is 0. The highest BCUT2D eigenvalue weighted by Crippen LogP contribution is 2.16. The summed E-state index contributed by atoms with van der Waals surface area (Å²) in [5, 5.41) is 10.7. The second-order valence-corrected chi connectivity index (χ2v) is 7.58. The normalized spacial score (nSPS) is 14.0. The summed E-state index contributed by atoms with van der Waals surface area (Å²) >= 11 is 1.65. The van der Waals surface area contributed by atoms with Crippen molar-refractivity contribution in [2.45, 2.75) is 32.2 Å². The average Bonchev–Trinajstić information content (AvgIpc) is 2.81. The number of hydrogen-bond donors (Lipinski definition) is 1. The fourth-order valence-corrected chi connectivity index (χ4v) is 3.97. The van der Waals surface area contributed by atoms with Crippen molar-refractivity contribution >= 4 is 21.4 Å². The molecule has 6 heteroatoms. The van der Waals surface area contributed by atoms with Crippen LogP contribution in [0.4, 0.5) is 0 Å². The van der Waals surface area contributed by atoms with E-state index in [-0.39, 0.29) is 18.4 Å². The molecule has 0 aliphatic heterocycles. The summed E-state index contributed by atoms with van der Waals surface area (Å²) in [7, 11) is -1.58. The Kier molecular flexibility index (Phi) is 6.28. The molecule has 1 heterocycles. The largest absolute Gasteiger partial charge is 0.396 e. The molecule has 1 unspecified atom stereocenters. The summed E-state index contributed by atoms with van der Waals surface area (Å²) in [6.45, 7) is 1.97. The smallest absolute Gasteiger partial charge is 0.214 e. The summed E-state index contributed by atoms with van der Waals surface area (Å²) in [5.74, 6) is 0.110. The highest BCUT2D eigenvalue weighted by Gasteiger charge is 2.22. The van der Waals surface area contributed by atoms with Gasteiger partial charge in [-0.15, -0.1) is 11.3 Å². The van der Waals surface area contributed by atoms with E-state index in [1.807, 2.05) is 24.4 Å². The molecule has 0 aliphatic rings. The van der Waals surface area contributed by atoms with Crippen LogP contribution in [0, 0.1) is 0 Å². The van der Waals surface area contributed by atoms with Gasteiger partial charge in [0.15, 0.2) is 0 Å². The van der Waals surface area contributed by atoms with Gasteiger partial charge in [0.2, 0.25) is 10.0 Å². The average molecular weight is 291 g/mol. The first kappa shape index (κ1) is 15.6. The van der Waals surface area contributed by atoms with E-state index in [9.17, 15) is 8.42 Å². The van der Waals surface area contributed by atoms with Crippen LogP contribution in [-0.4, -0.2) is 43.3 Å². The Hall–Kier alpha value is -0.430. The number of likely N-dealkylation sites (N-methyl/N-ethyl adjacent to an activating group) is 1. The molecule has 1 rings (SSSR count). The van der Waals surface area contributed by atoms with Gasteiger partial charge < -0.3 is 5.11 Å². The number of unbranched alkanes of at least 4 members (excludes halogenated alkanes) is 1. The fourth-order valence-electron chi connectivity index (χ4n) is 1.66. The molecule has 1 N–H and O–H groups in total. The highest BCUT2D eigenvalue weighted by molar-refractivity contribution is 7.89. The van der Waals surface area contributed by atoms with Crippen LogP contribution in [0.1, 0.15) is 24.6 Å². The minimum absolute atomic E-state index is 0.0391. The van der Waals surface area contributed by atoms with E-state index in [1.165, 1.54) is 9.18 Å². The van der Waals surface area contributed by atoms with Crippen molar-refractivity contribution in [2.24, 2.45) is 0 Å². The van der Waals surface area contributed by atoms with Crippen molar-refractivity contribution in [1.82, 2.24) is 4.31 Å². The van der Waals surface area contributed by atoms with Gasteiger partial charge in [0.25, 0.3) is 0 Å². The molecular weight excluding hydrogens is 270 g/mol. The van der Waals surface area contributed by atoms with Gasteiger partial charge >= 0.3 is 0 Å². The number of aliphatic hydroxyl groups excluding tert-OH is 1. The Balaban J connectivity index is 2.53. The van der Waals surface area contributed by atoms with Gasteiger partial charge in [-0.1, -0.05) is 6.07 Å². The predicted octanol–water partition coefficient (Wildman–Crippen LogP) is 1.71. The monoisotopic (exact) mass is 291 g/mol. The molecule has 4 nitrogen and oxygen atoms in total. The summed E-state index contributed by atoms with van der Waals surface area (Å²) in [4.78, 5) is 1.19. The minimum Gasteiger partial charge on any atom is -0.396 e. The molecule has 18 heavy (non-hydrogen) atoms. The van der Waals surface area contributed by atoms with E-state index >= 15 is 0 Å². The zero-order chi connectivity index (χ0) is 13.6. The summed E-state index contributed by atoms with van der Waals surface area (Å²) in [6, 6.07) is 3.96. The quantitative estimate of drug-likeness (QED) is 0.742. The van der Waals surface area contributed by atoms with Crippen molar-refractivity contribution in [2.75, 3.05) is 19.4 Å². The van der Waals surface area contributed by atoms with Gasteiger partial charge in [-0.05, 0) is 37.6 Å². The molecule has 0 saturated heterocycles. The Morgan fingerprint density at radius 2 is 2.17 bits per heavy atom. The first-order chi connectivity index (χ1) is 8.47. The third kappa shape index (κ3) is 4.68. The van der Waals surface area contributed by atoms with E-state index in [2.05, 4.69) is 0 Å². The van der Waals surface area contributed by atoms with Gasteiger partial charge in [0, 0.05) is 24.6 Å². The second-order valence-electron chi connectivity index (χ2n) is 4.40. The van der Waals surface area contributed by atoms with E-state index in [0.717, 1.165) is 6.42 Å². The molecular formula is C12H21NO3S2. The zero-order valence-electron chi connectivity index (χ0n) is 10.9. The number of hydrogen-bond acceptors (Lipinski definition) is 4. The lowest BCUT2D eigenvalue weighted by atomic mass is 10.2. The van der Waals surface area contributed by atoms with E-state index < -0.39 is 10.0 Å². The molecule has 0 aromatic carbocycles. The molecule has 0 spiro atoms. The van der Waals surface area contributed by atoms with Crippen LogP contribution in [0.25, 0.3) is 0 Å². The molecule has 104 valence electrons. The number of nitrogens with zero attached hydrogens (tertiary/aromatic N) is 1. The number of thiophene rings is 1. The third-order valence-corrected chi connectivity index (χ3v) is 5.89. The van der Waals surface area contributed by atoms with Gasteiger partial charge in [0.05, 0.1) is 5.75 Å². The first-order valence-electron chi connectivity index (χ1n) is 6.06. The van der Waals surface area contributed by atoms with E-state index in [1.54, 1.807) is 18.4 Å². The summed E-state index contributed by atoms with van der Waals surface area (Å²) in [6.07, 6.45) is 1.79. The first-order valence-corrected chi connectivity index (χ1v) is 8.55. The zero-order valence-corrected chi connectivity index (χ0v) is 12.5. The fraction of sp³-hybridized carbons (Fsp3) is 0.667. The topological polar surface area (TPSA) is 57.6 Å². The van der Waals surface area contributed by atoms with Crippen molar-refractivity contribution < 1.29 is 13.5 Å². The number of rotatable bonds is 8. The SMILES string of the molecule is CC(Cc1cccs1)N(C)S(=O)(=O)CCCCO. The van der Waals surface area contributed by atoms with Crippen LogP contribution in [0.5, 0.6) is 0 Å². The van der Waals surface area contributed by atoms with Crippen LogP contribution in [0.15, 0.2) is 17.5 Å². The maximum Gasteiger partial charge on any atom is 0.214 e. The van der Waals surface area contributed by atoms with Crippen molar-refractivity contribution in [1.29, 1.82) is 0 Å². The molecule has 0 radical (unpaired) electrons. The van der Waals surface area contributed by atoms with Crippen LogP contribution >= 0.6 is 11.3 Å². The third-order valence-electron chi connectivity index (χ3n) is 2.95. The van der Waals surface area contributed by atoms with Crippen LogP contribution < -0.4 is 0 Å². The molecule has 0 bridgehead atoms. The lowest BCUT2D eigenvalue weighted by molar-refractivity contribution is 0.286. The Labute approximate surface area is 113 Å². The summed E-state index contributed by atoms with van der Waals surface area (Å²) < 4.78 is 25.5. The maximum atomic E-state index is 12.0. The number of aliphatic hydroxyl groups is 1.